The first-order chi connectivity index (χ1) is 23.0. The van der Waals surface area contributed by atoms with E-state index in [0.29, 0.717) is 12.2 Å². The van der Waals surface area contributed by atoms with E-state index < -0.39 is 40.2 Å². The number of hydrogen-bond donors (Lipinski definition) is 1. The fourth-order valence-electron chi connectivity index (χ4n) is 5.15. The molecule has 11 heteroatoms. The summed E-state index contributed by atoms with van der Waals surface area (Å²) in [5.41, 5.74) is 2.09. The highest BCUT2D eigenvalue weighted by Gasteiger charge is 2.35. The number of carbonyl (C=O) groups excluding carboxylic acids is 2. The summed E-state index contributed by atoms with van der Waals surface area (Å²) in [7, 11) is -1.55. The molecule has 2 unspecified atom stereocenters. The summed E-state index contributed by atoms with van der Waals surface area (Å²) in [4.78, 5) is 29.6. The predicted octanol–water partition coefficient (Wildman–Crippen LogP) is 5.90. The molecule has 0 bridgehead atoms. The van der Waals surface area contributed by atoms with E-state index in [1.54, 1.807) is 36.4 Å². The first kappa shape index (κ1) is 35.9. The summed E-state index contributed by atoms with van der Waals surface area (Å²) in [6.07, 6.45) is 0.770. The van der Waals surface area contributed by atoms with Crippen molar-refractivity contribution in [1.82, 2.24) is 10.2 Å². The van der Waals surface area contributed by atoms with Gasteiger partial charge in [0, 0.05) is 30.6 Å². The molecular weight excluding hydrogens is 633 g/mol. The average molecular weight is 676 g/mol. The van der Waals surface area contributed by atoms with Crippen LogP contribution < -0.4 is 19.1 Å². The van der Waals surface area contributed by atoms with E-state index in [2.05, 4.69) is 5.32 Å². The van der Waals surface area contributed by atoms with Crippen molar-refractivity contribution in [1.29, 1.82) is 0 Å². The SMILES string of the molecule is CCC(C)NC(=O)C(Cc1ccccc1)N(Cc1ccccc1F)C(=O)CN(c1ccc(C)cc1)S(=O)(=O)c1ccc(OC)c(OC)c1. The molecule has 9 nitrogen and oxygen atoms in total. The van der Waals surface area contributed by atoms with Crippen molar-refractivity contribution < 1.29 is 31.9 Å². The number of benzene rings is 4. The van der Waals surface area contributed by atoms with E-state index in [1.165, 1.54) is 49.5 Å². The number of halogens is 1. The quantitative estimate of drug-likeness (QED) is 0.168. The van der Waals surface area contributed by atoms with Crippen molar-refractivity contribution in [2.45, 2.75) is 57.1 Å². The molecule has 0 saturated carbocycles. The summed E-state index contributed by atoms with van der Waals surface area (Å²) >= 11 is 0. The Bertz CT molecular complexity index is 1800. The van der Waals surface area contributed by atoms with Gasteiger partial charge in [0.25, 0.3) is 10.0 Å². The van der Waals surface area contributed by atoms with Gasteiger partial charge in [-0.2, -0.15) is 0 Å². The summed E-state index contributed by atoms with van der Waals surface area (Å²) in [6.45, 7) is 4.71. The Hall–Kier alpha value is -4.90. The number of amides is 2. The van der Waals surface area contributed by atoms with E-state index in [-0.39, 0.29) is 40.9 Å². The lowest BCUT2D eigenvalue weighted by atomic mass is 10.0. The molecular formula is C37H42FN3O6S. The summed E-state index contributed by atoms with van der Waals surface area (Å²) in [5.74, 6) is -1.14. The number of hydrogen-bond acceptors (Lipinski definition) is 6. The molecule has 4 rings (SSSR count). The number of sulfonamides is 1. The fourth-order valence-corrected chi connectivity index (χ4v) is 6.58. The number of rotatable bonds is 15. The Kier molecular flexibility index (Phi) is 12.2. The largest absolute Gasteiger partial charge is 0.493 e. The van der Waals surface area contributed by atoms with Gasteiger partial charge in [0.2, 0.25) is 11.8 Å². The maximum atomic E-state index is 15.1. The number of nitrogens with zero attached hydrogens (tertiary/aromatic N) is 2. The van der Waals surface area contributed by atoms with Crippen LogP contribution >= 0.6 is 0 Å². The van der Waals surface area contributed by atoms with Crippen LogP contribution in [-0.4, -0.2) is 58.0 Å². The molecule has 0 saturated heterocycles. The summed E-state index contributed by atoms with van der Waals surface area (Å²) in [6, 6.07) is 24.8. The molecule has 0 spiro atoms. The lowest BCUT2D eigenvalue weighted by Crippen LogP contribution is -2.54. The van der Waals surface area contributed by atoms with E-state index in [0.717, 1.165) is 15.4 Å². The normalized spacial score (nSPS) is 12.5. The number of methoxy groups -OCH3 is 2. The topological polar surface area (TPSA) is 105 Å². The third kappa shape index (κ3) is 8.71. The zero-order valence-electron chi connectivity index (χ0n) is 27.9. The third-order valence-electron chi connectivity index (χ3n) is 8.11. The molecule has 0 fully saturated rings. The molecule has 0 aliphatic carbocycles. The Morgan fingerprint density at radius 3 is 2.15 bits per heavy atom. The standard InChI is InChI=1S/C37H42FN3O6S/c1-6-27(3)39-37(43)33(22-28-12-8-7-9-13-28)40(24-29-14-10-11-15-32(29)38)36(42)25-41(30-18-16-26(2)17-19-30)48(44,45)31-20-21-34(46-4)35(23-31)47-5/h7-21,23,27,33H,6,22,24-25H2,1-5H3,(H,39,43). The smallest absolute Gasteiger partial charge is 0.264 e. The van der Waals surface area contributed by atoms with Gasteiger partial charge in [-0.25, -0.2) is 12.8 Å². The van der Waals surface area contributed by atoms with Gasteiger partial charge in [0.15, 0.2) is 11.5 Å². The summed E-state index contributed by atoms with van der Waals surface area (Å²) in [5, 5.41) is 2.97. The zero-order valence-corrected chi connectivity index (χ0v) is 28.7. The Morgan fingerprint density at radius 1 is 0.875 bits per heavy atom. The molecule has 2 amide bonds. The number of nitrogens with one attached hydrogen (secondary N) is 1. The lowest BCUT2D eigenvalue weighted by molar-refractivity contribution is -0.140. The van der Waals surface area contributed by atoms with Gasteiger partial charge in [0.1, 0.15) is 18.4 Å². The molecule has 0 aliphatic heterocycles. The molecule has 1 N–H and O–H groups in total. The maximum Gasteiger partial charge on any atom is 0.264 e. The van der Waals surface area contributed by atoms with Gasteiger partial charge in [-0.15, -0.1) is 0 Å². The molecule has 48 heavy (non-hydrogen) atoms. The third-order valence-corrected chi connectivity index (χ3v) is 9.88. The summed E-state index contributed by atoms with van der Waals surface area (Å²) < 4.78 is 55.5. The predicted molar refractivity (Wildman–Crippen MR) is 184 cm³/mol. The number of ether oxygens (including phenoxy) is 2. The van der Waals surface area contributed by atoms with Gasteiger partial charge in [-0.3, -0.25) is 13.9 Å². The lowest BCUT2D eigenvalue weighted by Gasteiger charge is -2.34. The molecule has 0 heterocycles. The van der Waals surface area contributed by atoms with E-state index in [9.17, 15) is 18.0 Å². The molecule has 0 aliphatic rings. The first-order valence-electron chi connectivity index (χ1n) is 15.7. The van der Waals surface area contributed by atoms with Crippen molar-refractivity contribution in [2.75, 3.05) is 25.1 Å². The van der Waals surface area contributed by atoms with E-state index >= 15 is 4.39 Å². The van der Waals surface area contributed by atoms with Crippen molar-refractivity contribution in [3.05, 3.63) is 120 Å². The van der Waals surface area contributed by atoms with Crippen LogP contribution in [0.15, 0.2) is 102 Å². The van der Waals surface area contributed by atoms with Gasteiger partial charge in [-0.05, 0) is 56.2 Å². The monoisotopic (exact) mass is 675 g/mol. The van der Waals surface area contributed by atoms with Crippen LogP contribution in [0.25, 0.3) is 0 Å². The molecule has 0 radical (unpaired) electrons. The van der Waals surface area contributed by atoms with Crippen molar-refractivity contribution in [3.8, 4) is 11.5 Å². The van der Waals surface area contributed by atoms with Crippen LogP contribution in [0.2, 0.25) is 0 Å². The van der Waals surface area contributed by atoms with Gasteiger partial charge < -0.3 is 19.7 Å². The van der Waals surface area contributed by atoms with Gasteiger partial charge in [-0.1, -0.05) is 73.2 Å². The highest BCUT2D eigenvalue weighted by molar-refractivity contribution is 7.92. The molecule has 0 aromatic heterocycles. The Balaban J connectivity index is 1.84. The van der Waals surface area contributed by atoms with Crippen LogP contribution in [0.4, 0.5) is 10.1 Å². The second-order valence-electron chi connectivity index (χ2n) is 11.5. The molecule has 4 aromatic rings. The van der Waals surface area contributed by atoms with E-state index in [4.69, 9.17) is 9.47 Å². The second-order valence-corrected chi connectivity index (χ2v) is 13.4. The Labute approximate surface area is 282 Å². The minimum Gasteiger partial charge on any atom is -0.493 e. The van der Waals surface area contributed by atoms with Gasteiger partial charge >= 0.3 is 0 Å². The minimum absolute atomic E-state index is 0.121. The number of anilines is 1. The van der Waals surface area contributed by atoms with Crippen LogP contribution in [0.1, 0.15) is 37.0 Å². The van der Waals surface area contributed by atoms with Crippen LogP contribution in [0, 0.1) is 12.7 Å². The van der Waals surface area contributed by atoms with Crippen molar-refractivity contribution in [3.63, 3.8) is 0 Å². The first-order valence-corrected chi connectivity index (χ1v) is 17.1. The van der Waals surface area contributed by atoms with Crippen LogP contribution in [0.5, 0.6) is 11.5 Å². The molecule has 4 aromatic carbocycles. The van der Waals surface area contributed by atoms with Crippen molar-refractivity contribution in [2.24, 2.45) is 0 Å². The second kappa shape index (κ2) is 16.3. The number of aryl methyl sites for hydroxylation is 1. The van der Waals surface area contributed by atoms with Gasteiger partial charge in [0.05, 0.1) is 24.8 Å². The van der Waals surface area contributed by atoms with Crippen LogP contribution in [-0.2, 0) is 32.6 Å². The average Bonchev–Trinajstić information content (AvgIpc) is 3.09. The van der Waals surface area contributed by atoms with Crippen molar-refractivity contribution >= 4 is 27.5 Å². The van der Waals surface area contributed by atoms with Crippen LogP contribution in [0.3, 0.4) is 0 Å². The molecule has 254 valence electrons. The highest BCUT2D eigenvalue weighted by atomic mass is 32.2. The number of carbonyl (C=O) groups is 2. The minimum atomic E-state index is -4.39. The van der Waals surface area contributed by atoms with E-state index in [1.807, 2.05) is 51.1 Å². The Morgan fingerprint density at radius 2 is 1.52 bits per heavy atom. The fraction of sp³-hybridized carbons (Fsp3) is 0.297. The molecule has 2 atom stereocenters. The maximum absolute atomic E-state index is 15.1. The highest BCUT2D eigenvalue weighted by Crippen LogP contribution is 2.32. The zero-order chi connectivity index (χ0) is 34.8.